The highest BCUT2D eigenvalue weighted by molar-refractivity contribution is 7.98. The number of pyridine rings is 1. The van der Waals surface area contributed by atoms with Gasteiger partial charge in [-0.2, -0.15) is 0 Å². The molecule has 18 heavy (non-hydrogen) atoms. The van der Waals surface area contributed by atoms with E-state index in [1.807, 2.05) is 13.8 Å². The minimum atomic E-state index is 0.520. The van der Waals surface area contributed by atoms with E-state index in [4.69, 9.17) is 5.73 Å². The van der Waals surface area contributed by atoms with Gasteiger partial charge in [-0.25, -0.2) is 15.0 Å². The van der Waals surface area contributed by atoms with Crippen LogP contribution in [0.4, 0.5) is 5.82 Å². The van der Waals surface area contributed by atoms with Crippen molar-refractivity contribution in [3.8, 4) is 0 Å². The fraction of sp³-hybridized carbons (Fsp3) is 0.308. The van der Waals surface area contributed by atoms with Gasteiger partial charge in [0.25, 0.3) is 0 Å². The van der Waals surface area contributed by atoms with E-state index >= 15 is 0 Å². The Hall–Kier alpha value is -1.62. The smallest absolute Gasteiger partial charge is 0.141 e. The van der Waals surface area contributed by atoms with Gasteiger partial charge >= 0.3 is 0 Å². The van der Waals surface area contributed by atoms with Crippen LogP contribution < -0.4 is 5.73 Å². The van der Waals surface area contributed by atoms with Crippen molar-refractivity contribution in [2.45, 2.75) is 31.6 Å². The van der Waals surface area contributed by atoms with E-state index in [2.05, 4.69) is 34.0 Å². The van der Waals surface area contributed by atoms with E-state index in [0.29, 0.717) is 11.6 Å². The first-order chi connectivity index (χ1) is 8.52. The molecule has 0 saturated carbocycles. The van der Waals surface area contributed by atoms with E-state index in [9.17, 15) is 0 Å². The van der Waals surface area contributed by atoms with E-state index in [0.717, 1.165) is 22.2 Å². The highest BCUT2D eigenvalue weighted by Crippen LogP contribution is 2.21. The van der Waals surface area contributed by atoms with Crippen LogP contribution in [0.25, 0.3) is 0 Å². The number of hydrogen-bond donors (Lipinski definition) is 1. The van der Waals surface area contributed by atoms with Gasteiger partial charge in [0.2, 0.25) is 0 Å². The van der Waals surface area contributed by atoms with Crippen molar-refractivity contribution in [3.05, 3.63) is 41.0 Å². The molecule has 0 spiro atoms. The molecule has 0 saturated heterocycles. The maximum Gasteiger partial charge on any atom is 0.141 e. The van der Waals surface area contributed by atoms with Crippen LogP contribution in [-0.4, -0.2) is 15.0 Å². The van der Waals surface area contributed by atoms with Crippen molar-refractivity contribution in [1.82, 2.24) is 15.0 Å². The summed E-state index contributed by atoms with van der Waals surface area (Å²) in [4.78, 5) is 13.0. The third-order valence-electron chi connectivity index (χ3n) is 2.34. The number of aromatic nitrogens is 3. The number of hydrogen-bond acceptors (Lipinski definition) is 5. The zero-order valence-corrected chi connectivity index (χ0v) is 11.6. The number of thioether (sulfide) groups is 1. The van der Waals surface area contributed by atoms with Gasteiger partial charge in [-0.05, 0) is 38.5 Å². The molecule has 0 atom stereocenters. The van der Waals surface area contributed by atoms with Crippen LogP contribution >= 0.6 is 11.8 Å². The van der Waals surface area contributed by atoms with Crippen LogP contribution in [0.5, 0.6) is 0 Å². The summed E-state index contributed by atoms with van der Waals surface area (Å²) in [6.07, 6.45) is 0. The van der Waals surface area contributed by atoms with E-state index in [-0.39, 0.29) is 0 Å². The minimum Gasteiger partial charge on any atom is -0.384 e. The fourth-order valence-corrected chi connectivity index (χ4v) is 2.62. The summed E-state index contributed by atoms with van der Waals surface area (Å²) < 4.78 is 0. The van der Waals surface area contributed by atoms with Crippen molar-refractivity contribution in [3.63, 3.8) is 0 Å². The lowest BCUT2D eigenvalue weighted by atomic mass is 10.3. The molecule has 0 aliphatic heterocycles. The lowest BCUT2D eigenvalue weighted by Crippen LogP contribution is -2.00. The van der Waals surface area contributed by atoms with Crippen LogP contribution in [0.15, 0.2) is 23.2 Å². The topological polar surface area (TPSA) is 64.7 Å². The van der Waals surface area contributed by atoms with Gasteiger partial charge in [0.15, 0.2) is 0 Å². The van der Waals surface area contributed by atoms with Crippen molar-refractivity contribution >= 4 is 17.6 Å². The number of rotatable bonds is 3. The van der Waals surface area contributed by atoms with Gasteiger partial charge in [0, 0.05) is 17.5 Å². The molecule has 0 unspecified atom stereocenters. The Balaban J connectivity index is 2.11. The van der Waals surface area contributed by atoms with E-state index in [1.165, 1.54) is 5.56 Å². The number of nitrogen functional groups attached to an aromatic ring is 1. The van der Waals surface area contributed by atoms with Crippen LogP contribution in [0.1, 0.15) is 22.8 Å². The molecule has 4 nitrogen and oxygen atoms in total. The Morgan fingerprint density at radius 1 is 1.00 bits per heavy atom. The quantitative estimate of drug-likeness (QED) is 0.859. The molecule has 0 bridgehead atoms. The Bertz CT molecular complexity index is 477. The zero-order chi connectivity index (χ0) is 13.1. The molecule has 0 aliphatic rings. The van der Waals surface area contributed by atoms with Gasteiger partial charge in [0.1, 0.15) is 11.6 Å². The summed E-state index contributed by atoms with van der Waals surface area (Å²) in [6.45, 7) is 5.99. The van der Waals surface area contributed by atoms with Gasteiger partial charge in [-0.3, -0.25) is 0 Å². The molecule has 0 aromatic carbocycles. The van der Waals surface area contributed by atoms with E-state index < -0.39 is 0 Å². The molecule has 2 N–H and O–H groups in total. The Labute approximate surface area is 111 Å². The average molecular weight is 260 g/mol. The van der Waals surface area contributed by atoms with Gasteiger partial charge < -0.3 is 5.73 Å². The monoisotopic (exact) mass is 260 g/mol. The second-order valence-electron chi connectivity index (χ2n) is 4.26. The lowest BCUT2D eigenvalue weighted by molar-refractivity contribution is 0.994. The average Bonchev–Trinajstić information content (AvgIpc) is 2.23. The van der Waals surface area contributed by atoms with Crippen LogP contribution in [0.2, 0.25) is 0 Å². The molecule has 94 valence electrons. The summed E-state index contributed by atoms with van der Waals surface area (Å²) in [5.41, 5.74) is 8.84. The van der Waals surface area contributed by atoms with E-state index in [1.54, 1.807) is 17.8 Å². The third-order valence-corrected chi connectivity index (χ3v) is 3.25. The number of nitrogens with zero attached hydrogens (tertiary/aromatic N) is 3. The molecule has 5 heteroatoms. The van der Waals surface area contributed by atoms with Crippen LogP contribution in [-0.2, 0) is 5.75 Å². The Morgan fingerprint density at radius 3 is 2.39 bits per heavy atom. The first-order valence-corrected chi connectivity index (χ1v) is 6.69. The summed E-state index contributed by atoms with van der Waals surface area (Å²) in [7, 11) is 0. The number of anilines is 1. The summed E-state index contributed by atoms with van der Waals surface area (Å²) >= 11 is 1.63. The highest BCUT2D eigenvalue weighted by Gasteiger charge is 2.03. The minimum absolute atomic E-state index is 0.520. The summed E-state index contributed by atoms with van der Waals surface area (Å²) in [6, 6.07) is 5.89. The predicted molar refractivity (Wildman–Crippen MR) is 74.5 cm³/mol. The molecule has 0 radical (unpaired) electrons. The largest absolute Gasteiger partial charge is 0.384 e. The molecule has 2 aromatic rings. The van der Waals surface area contributed by atoms with Crippen molar-refractivity contribution < 1.29 is 0 Å². The third kappa shape index (κ3) is 3.43. The second kappa shape index (κ2) is 5.35. The van der Waals surface area contributed by atoms with Crippen molar-refractivity contribution in [1.29, 1.82) is 0 Å². The molecule has 2 rings (SSSR count). The van der Waals surface area contributed by atoms with Crippen molar-refractivity contribution in [2.75, 3.05) is 5.73 Å². The predicted octanol–water partition coefficient (Wildman–Crippen LogP) is 2.67. The first kappa shape index (κ1) is 12.8. The molecular formula is C13H16N4S. The second-order valence-corrected chi connectivity index (χ2v) is 5.26. The maximum absolute atomic E-state index is 5.70. The standard InChI is InChI=1S/C13H16N4S/c1-8-4-9(2)16-13(5-8)18-7-12-15-10(3)6-11(14)17-12/h4-6H,7H2,1-3H3,(H2,14,15,17). The SMILES string of the molecule is Cc1cc(C)nc(SCc2nc(C)cc(N)n2)c1. The van der Waals surface area contributed by atoms with Crippen LogP contribution in [0.3, 0.4) is 0 Å². The Morgan fingerprint density at radius 2 is 1.72 bits per heavy atom. The van der Waals surface area contributed by atoms with Crippen LogP contribution in [0, 0.1) is 20.8 Å². The van der Waals surface area contributed by atoms with Crippen molar-refractivity contribution in [2.24, 2.45) is 0 Å². The number of aryl methyl sites for hydroxylation is 3. The normalized spacial score (nSPS) is 10.6. The lowest BCUT2D eigenvalue weighted by Gasteiger charge is -2.04. The first-order valence-electron chi connectivity index (χ1n) is 5.71. The maximum atomic E-state index is 5.70. The molecule has 0 aliphatic carbocycles. The summed E-state index contributed by atoms with van der Waals surface area (Å²) in [5, 5.41) is 0.996. The van der Waals surface area contributed by atoms with Gasteiger partial charge in [-0.1, -0.05) is 11.8 Å². The molecule has 0 fully saturated rings. The van der Waals surface area contributed by atoms with Gasteiger partial charge in [0.05, 0.1) is 10.8 Å². The molecule has 2 aromatic heterocycles. The van der Waals surface area contributed by atoms with Gasteiger partial charge in [-0.15, -0.1) is 0 Å². The highest BCUT2D eigenvalue weighted by atomic mass is 32.2. The molecule has 0 amide bonds. The fourth-order valence-electron chi connectivity index (χ4n) is 1.74. The molecular weight excluding hydrogens is 244 g/mol. The zero-order valence-electron chi connectivity index (χ0n) is 10.8. The Kier molecular flexibility index (Phi) is 3.81. The summed E-state index contributed by atoms with van der Waals surface area (Å²) in [5.74, 6) is 1.95. The molecule has 2 heterocycles. The number of nitrogens with two attached hydrogens (primary N) is 1.